The van der Waals surface area contributed by atoms with Gasteiger partial charge < -0.3 is 14.8 Å². The van der Waals surface area contributed by atoms with Crippen molar-refractivity contribution in [2.75, 3.05) is 20.8 Å². The van der Waals surface area contributed by atoms with Crippen LogP contribution in [-0.2, 0) is 6.42 Å². The lowest BCUT2D eigenvalue weighted by atomic mass is 10.1. The number of nitro benzene ring substituents is 1. The molecule has 0 aliphatic heterocycles. The molecule has 9 heteroatoms. The van der Waals surface area contributed by atoms with E-state index in [0.717, 1.165) is 5.69 Å². The van der Waals surface area contributed by atoms with Crippen molar-refractivity contribution in [3.8, 4) is 17.2 Å². The van der Waals surface area contributed by atoms with E-state index in [1.165, 1.54) is 26.5 Å². The van der Waals surface area contributed by atoms with Gasteiger partial charge in [-0.1, -0.05) is 18.2 Å². The first-order chi connectivity index (χ1) is 14.0. The number of para-hydroxylation sites is 1. The van der Waals surface area contributed by atoms with Crippen molar-refractivity contribution in [3.05, 3.63) is 76.4 Å². The first-order valence-electron chi connectivity index (χ1n) is 8.80. The number of imidazole rings is 1. The minimum absolute atomic E-state index is 0.0915. The Labute approximate surface area is 167 Å². The molecule has 3 rings (SSSR count). The number of nitro groups is 1. The van der Waals surface area contributed by atoms with E-state index >= 15 is 0 Å². The second-order valence-corrected chi connectivity index (χ2v) is 6.08. The van der Waals surface area contributed by atoms with E-state index in [1.54, 1.807) is 17.0 Å². The maximum absolute atomic E-state index is 12.6. The second kappa shape index (κ2) is 8.87. The maximum Gasteiger partial charge on any atom is 0.276 e. The largest absolute Gasteiger partial charge is 0.493 e. The molecular formula is C20H20N4O5. The van der Waals surface area contributed by atoms with E-state index in [9.17, 15) is 14.9 Å². The lowest BCUT2D eigenvalue weighted by molar-refractivity contribution is -0.385. The predicted octanol–water partition coefficient (Wildman–Crippen LogP) is 2.77. The molecule has 0 aliphatic carbocycles. The molecule has 0 fully saturated rings. The van der Waals surface area contributed by atoms with Crippen LogP contribution in [0, 0.1) is 10.1 Å². The second-order valence-electron chi connectivity index (χ2n) is 6.08. The third-order valence-corrected chi connectivity index (χ3v) is 4.37. The third-order valence-electron chi connectivity index (χ3n) is 4.37. The molecule has 1 amide bonds. The Bertz CT molecular complexity index is 1020. The Hall–Kier alpha value is -3.88. The first kappa shape index (κ1) is 19.9. The van der Waals surface area contributed by atoms with Crippen LogP contribution < -0.4 is 14.8 Å². The van der Waals surface area contributed by atoms with Crippen molar-refractivity contribution in [1.82, 2.24) is 14.9 Å². The molecule has 0 spiro atoms. The first-order valence-corrected chi connectivity index (χ1v) is 8.80. The van der Waals surface area contributed by atoms with Crippen LogP contribution in [0.25, 0.3) is 5.69 Å². The molecule has 1 heterocycles. The number of amides is 1. The highest BCUT2D eigenvalue weighted by atomic mass is 16.6. The molecular weight excluding hydrogens is 376 g/mol. The zero-order valence-corrected chi connectivity index (χ0v) is 16.0. The number of ether oxygens (including phenoxy) is 2. The SMILES string of the molecule is COc1cc(CCNC(=O)c2cncn2-c2ccccc2)c([N+](=O)[O-])cc1OC. The van der Waals surface area contributed by atoms with Crippen molar-refractivity contribution in [3.63, 3.8) is 0 Å². The molecule has 2 aromatic carbocycles. The molecule has 0 atom stereocenters. The number of hydrogen-bond acceptors (Lipinski definition) is 6. The highest BCUT2D eigenvalue weighted by molar-refractivity contribution is 5.93. The average molecular weight is 396 g/mol. The summed E-state index contributed by atoms with van der Waals surface area (Å²) in [7, 11) is 2.87. The normalized spacial score (nSPS) is 10.4. The number of methoxy groups -OCH3 is 2. The van der Waals surface area contributed by atoms with E-state index < -0.39 is 4.92 Å². The number of nitrogens with one attached hydrogen (secondary N) is 1. The van der Waals surface area contributed by atoms with Crippen LogP contribution in [0.15, 0.2) is 55.0 Å². The van der Waals surface area contributed by atoms with Crippen molar-refractivity contribution in [2.24, 2.45) is 0 Å². The molecule has 0 saturated carbocycles. The molecule has 150 valence electrons. The van der Waals surface area contributed by atoms with Gasteiger partial charge in [0.2, 0.25) is 0 Å². The summed E-state index contributed by atoms with van der Waals surface area (Å²) in [4.78, 5) is 27.5. The summed E-state index contributed by atoms with van der Waals surface area (Å²) in [6.07, 6.45) is 3.28. The topological polar surface area (TPSA) is 109 Å². The molecule has 0 bridgehead atoms. The number of carbonyl (C=O) groups is 1. The maximum atomic E-state index is 12.6. The van der Waals surface area contributed by atoms with Gasteiger partial charge in [-0.2, -0.15) is 0 Å². The minimum Gasteiger partial charge on any atom is -0.493 e. The Morgan fingerprint density at radius 1 is 1.17 bits per heavy atom. The fraction of sp³-hybridized carbons (Fsp3) is 0.200. The van der Waals surface area contributed by atoms with Gasteiger partial charge in [0.25, 0.3) is 11.6 Å². The average Bonchev–Trinajstić information content (AvgIpc) is 3.23. The van der Waals surface area contributed by atoms with Gasteiger partial charge in [0.1, 0.15) is 5.69 Å². The lowest BCUT2D eigenvalue weighted by Crippen LogP contribution is -2.27. The van der Waals surface area contributed by atoms with Crippen LogP contribution in [0.2, 0.25) is 0 Å². The molecule has 0 aliphatic rings. The third kappa shape index (κ3) is 4.34. The Morgan fingerprint density at radius 2 is 1.86 bits per heavy atom. The van der Waals surface area contributed by atoms with Crippen LogP contribution in [-0.4, -0.2) is 41.1 Å². The molecule has 1 N–H and O–H groups in total. The highest BCUT2D eigenvalue weighted by Gasteiger charge is 2.20. The standard InChI is InChI=1S/C20H20N4O5/c1-28-18-10-14(16(24(26)27)11-19(18)29-2)8-9-22-20(25)17-12-21-13-23(17)15-6-4-3-5-7-15/h3-7,10-13H,8-9H2,1-2H3,(H,22,25). The fourth-order valence-corrected chi connectivity index (χ4v) is 2.94. The van der Waals surface area contributed by atoms with Gasteiger partial charge in [-0.3, -0.25) is 19.5 Å². The molecule has 9 nitrogen and oxygen atoms in total. The number of benzene rings is 2. The van der Waals surface area contributed by atoms with Crippen LogP contribution in [0.1, 0.15) is 16.1 Å². The van der Waals surface area contributed by atoms with Crippen molar-refractivity contribution < 1.29 is 19.2 Å². The van der Waals surface area contributed by atoms with Gasteiger partial charge in [-0.05, 0) is 24.6 Å². The molecule has 1 aromatic heterocycles. The van der Waals surface area contributed by atoms with Gasteiger partial charge in [0, 0.05) is 17.8 Å². The summed E-state index contributed by atoms with van der Waals surface area (Å²) in [6.45, 7) is 0.203. The minimum atomic E-state index is -0.483. The van der Waals surface area contributed by atoms with E-state index in [1.807, 2.05) is 30.3 Å². The van der Waals surface area contributed by atoms with Gasteiger partial charge >= 0.3 is 0 Å². The van der Waals surface area contributed by atoms with Crippen LogP contribution in [0.3, 0.4) is 0 Å². The van der Waals surface area contributed by atoms with E-state index in [2.05, 4.69) is 10.3 Å². The van der Waals surface area contributed by atoms with Crippen molar-refractivity contribution in [1.29, 1.82) is 0 Å². The van der Waals surface area contributed by atoms with Crippen LogP contribution in [0.5, 0.6) is 11.5 Å². The van der Waals surface area contributed by atoms with Crippen molar-refractivity contribution in [2.45, 2.75) is 6.42 Å². The quantitative estimate of drug-likeness (QED) is 0.463. The molecule has 0 radical (unpaired) electrons. The Balaban J connectivity index is 1.73. The van der Waals surface area contributed by atoms with E-state index in [4.69, 9.17) is 9.47 Å². The van der Waals surface area contributed by atoms with Gasteiger partial charge in [-0.15, -0.1) is 0 Å². The number of nitrogens with zero attached hydrogens (tertiary/aromatic N) is 3. The van der Waals surface area contributed by atoms with Gasteiger partial charge in [0.05, 0.1) is 37.7 Å². The number of hydrogen-bond donors (Lipinski definition) is 1. The number of aromatic nitrogens is 2. The van der Waals surface area contributed by atoms with Crippen LogP contribution >= 0.6 is 0 Å². The monoisotopic (exact) mass is 396 g/mol. The summed E-state index contributed by atoms with van der Waals surface area (Å²) >= 11 is 0. The number of rotatable bonds is 8. The predicted molar refractivity (Wildman–Crippen MR) is 106 cm³/mol. The molecule has 0 saturated heterocycles. The highest BCUT2D eigenvalue weighted by Crippen LogP contribution is 2.34. The molecule has 0 unspecified atom stereocenters. The summed E-state index contributed by atoms with van der Waals surface area (Å²) in [5, 5.41) is 14.2. The zero-order valence-electron chi connectivity index (χ0n) is 16.0. The lowest BCUT2D eigenvalue weighted by Gasteiger charge is -2.11. The molecule has 3 aromatic rings. The van der Waals surface area contributed by atoms with Crippen LogP contribution in [0.4, 0.5) is 5.69 Å². The molecule has 29 heavy (non-hydrogen) atoms. The smallest absolute Gasteiger partial charge is 0.276 e. The van der Waals surface area contributed by atoms with Gasteiger partial charge in [-0.25, -0.2) is 4.98 Å². The number of carbonyl (C=O) groups excluding carboxylic acids is 1. The summed E-state index contributed by atoms with van der Waals surface area (Å²) in [5.41, 5.74) is 1.53. The van der Waals surface area contributed by atoms with Gasteiger partial charge in [0.15, 0.2) is 11.5 Å². The summed E-state index contributed by atoms with van der Waals surface area (Å²) in [5.74, 6) is 0.342. The zero-order chi connectivity index (χ0) is 20.8. The Morgan fingerprint density at radius 3 is 2.52 bits per heavy atom. The van der Waals surface area contributed by atoms with E-state index in [0.29, 0.717) is 17.0 Å². The summed E-state index contributed by atoms with van der Waals surface area (Å²) in [6, 6.07) is 12.2. The summed E-state index contributed by atoms with van der Waals surface area (Å²) < 4.78 is 12.0. The van der Waals surface area contributed by atoms with Crippen molar-refractivity contribution >= 4 is 11.6 Å². The fourth-order valence-electron chi connectivity index (χ4n) is 2.94. The Kier molecular flexibility index (Phi) is 6.08. The van der Waals surface area contributed by atoms with E-state index in [-0.39, 0.29) is 30.3 Å².